The molecule has 0 saturated heterocycles. The second-order valence-electron chi connectivity index (χ2n) is 3.49. The van der Waals surface area contributed by atoms with Gasteiger partial charge in [-0.25, -0.2) is 0 Å². The molecule has 0 saturated carbocycles. The minimum atomic E-state index is 0.678. The number of hydrogen-bond donors (Lipinski definition) is 1. The third-order valence-corrected chi connectivity index (χ3v) is 2.75. The van der Waals surface area contributed by atoms with Crippen molar-refractivity contribution >= 4 is 15.9 Å². The lowest BCUT2D eigenvalue weighted by atomic mass is 10.2. The molecule has 1 N–H and O–H groups in total. The largest absolute Gasteiger partial charge is 0.492 e. The zero-order valence-corrected chi connectivity index (χ0v) is 11.3. The first-order chi connectivity index (χ1) is 7.77. The summed E-state index contributed by atoms with van der Waals surface area (Å²) in [5.74, 6) is 0.885. The van der Waals surface area contributed by atoms with Gasteiger partial charge in [0.05, 0.1) is 11.1 Å². The molecule has 1 aromatic carbocycles. The van der Waals surface area contributed by atoms with E-state index in [1.54, 1.807) is 7.11 Å². The van der Waals surface area contributed by atoms with E-state index in [-0.39, 0.29) is 0 Å². The Balaban J connectivity index is 2.47. The summed E-state index contributed by atoms with van der Waals surface area (Å²) in [5.41, 5.74) is 1.23. The second kappa shape index (κ2) is 7.65. The van der Waals surface area contributed by atoms with Crippen LogP contribution in [0.1, 0.15) is 12.0 Å². The number of ether oxygens (including phenoxy) is 2. The van der Waals surface area contributed by atoms with Gasteiger partial charge in [0.2, 0.25) is 0 Å². The smallest absolute Gasteiger partial charge is 0.133 e. The zero-order valence-electron chi connectivity index (χ0n) is 9.75. The van der Waals surface area contributed by atoms with Gasteiger partial charge in [0, 0.05) is 26.7 Å². The van der Waals surface area contributed by atoms with Gasteiger partial charge < -0.3 is 14.8 Å². The van der Waals surface area contributed by atoms with Crippen LogP contribution >= 0.6 is 15.9 Å². The maximum Gasteiger partial charge on any atom is 0.133 e. The molecular formula is C12H18BrNO2. The fraction of sp³-hybridized carbons (Fsp3) is 0.500. The van der Waals surface area contributed by atoms with Gasteiger partial charge in [-0.15, -0.1) is 0 Å². The molecule has 0 atom stereocenters. The monoisotopic (exact) mass is 287 g/mol. The standard InChI is InChI=1S/C12H18BrNO2/c1-14-9-10-4-5-12(11(13)8-10)16-7-3-6-15-2/h4-5,8,14H,3,6-7,9H2,1-2H3. The van der Waals surface area contributed by atoms with Crippen LogP contribution in [0.5, 0.6) is 5.75 Å². The fourth-order valence-electron chi connectivity index (χ4n) is 1.36. The van der Waals surface area contributed by atoms with Crippen molar-refractivity contribution in [2.75, 3.05) is 27.4 Å². The number of methoxy groups -OCH3 is 1. The van der Waals surface area contributed by atoms with Crippen molar-refractivity contribution in [3.05, 3.63) is 28.2 Å². The van der Waals surface area contributed by atoms with Crippen LogP contribution in [0.25, 0.3) is 0 Å². The highest BCUT2D eigenvalue weighted by atomic mass is 79.9. The molecule has 0 amide bonds. The maximum atomic E-state index is 5.62. The number of nitrogens with one attached hydrogen (secondary N) is 1. The highest BCUT2D eigenvalue weighted by Crippen LogP contribution is 2.26. The van der Waals surface area contributed by atoms with Gasteiger partial charge in [-0.05, 0) is 40.7 Å². The summed E-state index contributed by atoms with van der Waals surface area (Å²) in [6.45, 7) is 2.27. The number of rotatable bonds is 7. The molecule has 16 heavy (non-hydrogen) atoms. The van der Waals surface area contributed by atoms with Crippen molar-refractivity contribution < 1.29 is 9.47 Å². The van der Waals surface area contributed by atoms with E-state index in [1.807, 2.05) is 13.1 Å². The fourth-order valence-corrected chi connectivity index (χ4v) is 1.90. The number of hydrogen-bond acceptors (Lipinski definition) is 3. The maximum absolute atomic E-state index is 5.62. The number of benzene rings is 1. The molecule has 90 valence electrons. The van der Waals surface area contributed by atoms with Crippen molar-refractivity contribution in [1.82, 2.24) is 5.32 Å². The van der Waals surface area contributed by atoms with Crippen molar-refractivity contribution in [1.29, 1.82) is 0 Å². The Kier molecular flexibility index (Phi) is 6.45. The Morgan fingerprint density at radius 2 is 2.12 bits per heavy atom. The first-order valence-electron chi connectivity index (χ1n) is 5.32. The molecule has 0 bridgehead atoms. The van der Waals surface area contributed by atoms with Gasteiger partial charge in [0.15, 0.2) is 0 Å². The molecule has 1 rings (SSSR count). The third-order valence-electron chi connectivity index (χ3n) is 2.13. The van der Waals surface area contributed by atoms with Crippen LogP contribution in [0, 0.1) is 0 Å². The summed E-state index contributed by atoms with van der Waals surface area (Å²) < 4.78 is 11.6. The van der Waals surface area contributed by atoms with E-state index in [0.29, 0.717) is 6.61 Å². The van der Waals surface area contributed by atoms with Crippen molar-refractivity contribution in [2.45, 2.75) is 13.0 Å². The third kappa shape index (κ3) is 4.51. The summed E-state index contributed by atoms with van der Waals surface area (Å²) in [7, 11) is 3.63. The molecule has 0 heterocycles. The Hall–Kier alpha value is -0.580. The molecule has 1 aromatic rings. The minimum absolute atomic E-state index is 0.678. The molecule has 0 unspecified atom stereocenters. The van der Waals surface area contributed by atoms with Gasteiger partial charge in [-0.3, -0.25) is 0 Å². The van der Waals surface area contributed by atoms with Gasteiger partial charge in [-0.1, -0.05) is 6.07 Å². The van der Waals surface area contributed by atoms with E-state index in [1.165, 1.54) is 5.56 Å². The van der Waals surface area contributed by atoms with Crippen LogP contribution in [-0.4, -0.2) is 27.4 Å². The Labute approximate surface area is 105 Å². The molecule has 0 aliphatic rings. The lowest BCUT2D eigenvalue weighted by Crippen LogP contribution is -2.05. The lowest BCUT2D eigenvalue weighted by Gasteiger charge is -2.09. The van der Waals surface area contributed by atoms with E-state index < -0.39 is 0 Å². The van der Waals surface area contributed by atoms with Crippen molar-refractivity contribution in [3.63, 3.8) is 0 Å². The first kappa shape index (κ1) is 13.5. The summed E-state index contributed by atoms with van der Waals surface area (Å²) in [6.07, 6.45) is 0.904. The second-order valence-corrected chi connectivity index (χ2v) is 4.34. The van der Waals surface area contributed by atoms with E-state index in [9.17, 15) is 0 Å². The van der Waals surface area contributed by atoms with Crippen LogP contribution in [0.4, 0.5) is 0 Å². The topological polar surface area (TPSA) is 30.5 Å². The van der Waals surface area contributed by atoms with Crippen LogP contribution in [-0.2, 0) is 11.3 Å². The molecule has 0 radical (unpaired) electrons. The van der Waals surface area contributed by atoms with Crippen LogP contribution in [0.15, 0.2) is 22.7 Å². The highest BCUT2D eigenvalue weighted by molar-refractivity contribution is 9.10. The zero-order chi connectivity index (χ0) is 11.8. The van der Waals surface area contributed by atoms with Crippen molar-refractivity contribution in [3.8, 4) is 5.75 Å². The Morgan fingerprint density at radius 1 is 1.31 bits per heavy atom. The quantitative estimate of drug-likeness (QED) is 0.782. The molecular weight excluding hydrogens is 270 g/mol. The molecule has 3 nitrogen and oxygen atoms in total. The molecule has 4 heteroatoms. The number of halogens is 1. The van der Waals surface area contributed by atoms with Gasteiger partial charge >= 0.3 is 0 Å². The van der Waals surface area contributed by atoms with Crippen molar-refractivity contribution in [2.24, 2.45) is 0 Å². The molecule has 0 aromatic heterocycles. The van der Waals surface area contributed by atoms with Crippen LogP contribution in [0.3, 0.4) is 0 Å². The summed E-state index contributed by atoms with van der Waals surface area (Å²) >= 11 is 3.50. The summed E-state index contributed by atoms with van der Waals surface area (Å²) in [4.78, 5) is 0. The molecule has 0 spiro atoms. The van der Waals surface area contributed by atoms with Crippen LogP contribution in [0.2, 0.25) is 0 Å². The van der Waals surface area contributed by atoms with E-state index in [2.05, 4.69) is 33.4 Å². The molecule has 0 aliphatic carbocycles. The average Bonchev–Trinajstić information content (AvgIpc) is 2.27. The first-order valence-corrected chi connectivity index (χ1v) is 6.12. The normalized spacial score (nSPS) is 10.4. The average molecular weight is 288 g/mol. The molecule has 0 aliphatic heterocycles. The summed E-state index contributed by atoms with van der Waals surface area (Å²) in [5, 5.41) is 3.11. The Bertz CT molecular complexity index is 318. The minimum Gasteiger partial charge on any atom is -0.492 e. The summed E-state index contributed by atoms with van der Waals surface area (Å²) in [6, 6.07) is 6.12. The Morgan fingerprint density at radius 3 is 2.75 bits per heavy atom. The highest BCUT2D eigenvalue weighted by Gasteiger charge is 2.02. The van der Waals surface area contributed by atoms with Gasteiger partial charge in [-0.2, -0.15) is 0 Å². The molecule has 0 fully saturated rings. The van der Waals surface area contributed by atoms with Gasteiger partial charge in [0.25, 0.3) is 0 Å². The van der Waals surface area contributed by atoms with E-state index >= 15 is 0 Å². The lowest BCUT2D eigenvalue weighted by molar-refractivity contribution is 0.172. The van der Waals surface area contributed by atoms with Gasteiger partial charge in [0.1, 0.15) is 5.75 Å². The van der Waals surface area contributed by atoms with Crippen LogP contribution < -0.4 is 10.1 Å². The van der Waals surface area contributed by atoms with E-state index in [0.717, 1.165) is 29.8 Å². The predicted molar refractivity (Wildman–Crippen MR) is 68.9 cm³/mol. The van der Waals surface area contributed by atoms with E-state index in [4.69, 9.17) is 9.47 Å². The SMILES string of the molecule is CNCc1ccc(OCCCOC)c(Br)c1. The predicted octanol–water partition coefficient (Wildman–Crippen LogP) is 2.58.